The lowest BCUT2D eigenvalue weighted by Crippen LogP contribution is -2.32. The summed E-state index contributed by atoms with van der Waals surface area (Å²) in [6, 6.07) is 10.3. The highest BCUT2D eigenvalue weighted by atomic mass is 32.1. The molecule has 0 radical (unpaired) electrons. The van der Waals surface area contributed by atoms with E-state index in [0.717, 1.165) is 31.7 Å². The monoisotopic (exact) mass is 425 g/mol. The third-order valence-corrected chi connectivity index (χ3v) is 5.25. The molecule has 4 heteroatoms. The molecule has 0 saturated carbocycles. The number of aliphatic hydroxyl groups excluding tert-OH is 1. The molecule has 0 spiro atoms. The van der Waals surface area contributed by atoms with Crippen LogP contribution in [0.1, 0.15) is 40.5 Å². The van der Waals surface area contributed by atoms with Crippen LogP contribution in [-0.2, 0) is 0 Å². The van der Waals surface area contributed by atoms with Crippen molar-refractivity contribution in [3.8, 4) is 28.7 Å². The maximum atomic E-state index is 10.4. The van der Waals surface area contributed by atoms with Gasteiger partial charge in [-0.25, -0.2) is 0 Å². The summed E-state index contributed by atoms with van der Waals surface area (Å²) in [7, 11) is 0. The number of nitrogens with zero attached hydrogens (tertiary/aromatic N) is 1. The Morgan fingerprint density at radius 2 is 2.07 bits per heavy atom. The van der Waals surface area contributed by atoms with Gasteiger partial charge in [-0.1, -0.05) is 37.0 Å². The molecule has 0 amide bonds. The predicted octanol–water partition coefficient (Wildman–Crippen LogP) is 5.86. The van der Waals surface area contributed by atoms with Gasteiger partial charge in [-0.05, 0) is 86.3 Å². The first-order chi connectivity index (χ1) is 14.4. The lowest BCUT2D eigenvalue weighted by atomic mass is 9.98. The Bertz CT molecular complexity index is 825. The first-order valence-corrected chi connectivity index (χ1v) is 11.6. The second kappa shape index (κ2) is 12.6. The fourth-order valence-electron chi connectivity index (χ4n) is 2.94. The Kier molecular flexibility index (Phi) is 10.2. The van der Waals surface area contributed by atoms with E-state index in [2.05, 4.69) is 79.5 Å². The Labute approximate surface area is 186 Å². The molecule has 2 aromatic rings. The van der Waals surface area contributed by atoms with Gasteiger partial charge in [-0.3, -0.25) is 4.90 Å². The molecule has 0 aliphatic rings. The lowest BCUT2D eigenvalue weighted by Gasteiger charge is -2.22. The molecule has 162 valence electrons. The normalized spacial score (nSPS) is 12.7. The number of hydrogen-bond donors (Lipinski definition) is 1. The molecule has 0 fully saturated rings. The van der Waals surface area contributed by atoms with Crippen LogP contribution >= 0.6 is 11.3 Å². The Hall–Kier alpha value is -2.06. The minimum atomic E-state index is -0.347. The van der Waals surface area contributed by atoms with E-state index in [-0.39, 0.29) is 11.5 Å². The van der Waals surface area contributed by atoms with Crippen LogP contribution in [0.4, 0.5) is 0 Å². The first-order valence-electron chi connectivity index (χ1n) is 10.7. The zero-order chi connectivity index (χ0) is 21.8. The maximum Gasteiger partial charge on any atom is 0.119 e. The average molecular weight is 426 g/mol. The third kappa shape index (κ3) is 9.63. The quantitative estimate of drug-likeness (QED) is 0.361. The summed E-state index contributed by atoms with van der Waals surface area (Å²) in [5, 5.41) is 14.6. The summed E-state index contributed by atoms with van der Waals surface area (Å²) < 4.78 is 5.90. The van der Waals surface area contributed by atoms with Gasteiger partial charge in [0, 0.05) is 18.5 Å². The molecule has 0 bridgehead atoms. The molecule has 3 nitrogen and oxygen atoms in total. The Morgan fingerprint density at radius 3 is 2.77 bits per heavy atom. The van der Waals surface area contributed by atoms with E-state index in [4.69, 9.17) is 4.74 Å². The van der Waals surface area contributed by atoms with Crippen LogP contribution in [0.15, 0.2) is 53.2 Å². The summed E-state index contributed by atoms with van der Waals surface area (Å²) in [4.78, 5) is 2.23. The van der Waals surface area contributed by atoms with Crippen molar-refractivity contribution in [2.75, 3.05) is 26.2 Å². The van der Waals surface area contributed by atoms with Crippen molar-refractivity contribution in [1.29, 1.82) is 0 Å². The van der Waals surface area contributed by atoms with Crippen molar-refractivity contribution < 1.29 is 9.84 Å². The van der Waals surface area contributed by atoms with E-state index in [1.165, 1.54) is 11.1 Å². The Balaban J connectivity index is 1.68. The molecular formula is C26H35NO2S. The molecule has 0 saturated heterocycles. The number of rotatable bonds is 11. The first kappa shape index (κ1) is 24.2. The van der Waals surface area contributed by atoms with Gasteiger partial charge in [0.1, 0.15) is 5.75 Å². The van der Waals surface area contributed by atoms with Crippen molar-refractivity contribution in [2.45, 2.75) is 46.6 Å². The topological polar surface area (TPSA) is 32.7 Å². The maximum absolute atomic E-state index is 10.4. The summed E-state index contributed by atoms with van der Waals surface area (Å²) in [5.41, 5.74) is 2.42. The molecule has 1 unspecified atom stereocenters. The van der Waals surface area contributed by atoms with Gasteiger partial charge in [0.15, 0.2) is 0 Å². The number of hydrogen-bond acceptors (Lipinski definition) is 4. The fraction of sp³-hybridized carbons (Fsp3) is 0.462. The number of benzene rings is 1. The number of thiophene rings is 1. The third-order valence-electron chi connectivity index (χ3n) is 4.57. The summed E-state index contributed by atoms with van der Waals surface area (Å²) in [5.74, 6) is 7.17. The van der Waals surface area contributed by atoms with Crippen LogP contribution in [0, 0.1) is 17.3 Å². The van der Waals surface area contributed by atoms with Gasteiger partial charge in [-0.2, -0.15) is 11.3 Å². The van der Waals surface area contributed by atoms with Crippen LogP contribution in [0.3, 0.4) is 0 Å². The molecule has 1 aromatic heterocycles. The van der Waals surface area contributed by atoms with Gasteiger partial charge >= 0.3 is 0 Å². The highest BCUT2D eigenvalue weighted by Crippen LogP contribution is 2.25. The smallest absolute Gasteiger partial charge is 0.119 e. The standard InChI is InChI=1S/C26H35NO2S/c1-5-27(16-8-6-7-15-26(2,3)4)20-24(28)12-10-17-29-25-13-9-11-22(19-25)23-14-18-30-21-23/h6,8-9,11,13-14,18-19,21,24,28H,5,10,12,16-17,20H2,1-4H3. The van der Waals surface area contributed by atoms with Crippen LogP contribution < -0.4 is 4.74 Å². The Morgan fingerprint density at radius 1 is 1.23 bits per heavy atom. The van der Waals surface area contributed by atoms with Crippen LogP contribution in [-0.4, -0.2) is 42.4 Å². The average Bonchev–Trinajstić information content (AvgIpc) is 3.24. The molecule has 1 N–H and O–H groups in total. The zero-order valence-electron chi connectivity index (χ0n) is 18.7. The number of aliphatic hydroxyl groups is 1. The SMILES string of the molecule is CCN(CC=CC#CC(C)(C)C)CC(O)CCCOc1cccc(-c2ccsc2)c1. The zero-order valence-corrected chi connectivity index (χ0v) is 19.5. The van der Waals surface area contributed by atoms with Gasteiger partial charge in [0.25, 0.3) is 0 Å². The van der Waals surface area contributed by atoms with E-state index in [0.29, 0.717) is 13.2 Å². The number of likely N-dealkylation sites (N-methyl/N-ethyl adjacent to an activating group) is 1. The fourth-order valence-corrected chi connectivity index (χ4v) is 3.61. The molecule has 0 aliphatic heterocycles. The van der Waals surface area contributed by atoms with Crippen molar-refractivity contribution in [3.63, 3.8) is 0 Å². The van der Waals surface area contributed by atoms with Gasteiger partial charge < -0.3 is 9.84 Å². The number of allylic oxidation sites excluding steroid dienone is 1. The van der Waals surface area contributed by atoms with Crippen molar-refractivity contribution in [3.05, 3.63) is 53.2 Å². The minimum absolute atomic E-state index is 0.0261. The highest BCUT2D eigenvalue weighted by molar-refractivity contribution is 7.08. The molecule has 1 atom stereocenters. The van der Waals surface area contributed by atoms with Crippen LogP contribution in [0.5, 0.6) is 5.75 Å². The largest absolute Gasteiger partial charge is 0.494 e. The van der Waals surface area contributed by atoms with Crippen molar-refractivity contribution >= 4 is 11.3 Å². The summed E-state index contributed by atoms with van der Waals surface area (Å²) in [6.45, 7) is 11.4. The van der Waals surface area contributed by atoms with Gasteiger partial charge in [0.2, 0.25) is 0 Å². The minimum Gasteiger partial charge on any atom is -0.494 e. The molecule has 0 aliphatic carbocycles. The summed E-state index contributed by atoms with van der Waals surface area (Å²) in [6.07, 6.45) is 5.19. The second-order valence-electron chi connectivity index (χ2n) is 8.46. The molecule has 30 heavy (non-hydrogen) atoms. The van der Waals surface area contributed by atoms with Gasteiger partial charge in [0.05, 0.1) is 12.7 Å². The molecule has 2 rings (SSSR count). The van der Waals surface area contributed by atoms with E-state index < -0.39 is 0 Å². The predicted molar refractivity (Wildman–Crippen MR) is 129 cm³/mol. The van der Waals surface area contributed by atoms with E-state index in [1.54, 1.807) is 11.3 Å². The molecule has 1 aromatic carbocycles. The van der Waals surface area contributed by atoms with Crippen LogP contribution in [0.25, 0.3) is 11.1 Å². The van der Waals surface area contributed by atoms with Crippen LogP contribution in [0.2, 0.25) is 0 Å². The van der Waals surface area contributed by atoms with Gasteiger partial charge in [-0.15, -0.1) is 0 Å². The van der Waals surface area contributed by atoms with Crippen molar-refractivity contribution in [2.24, 2.45) is 5.41 Å². The summed E-state index contributed by atoms with van der Waals surface area (Å²) >= 11 is 1.70. The molecular weight excluding hydrogens is 390 g/mol. The van der Waals surface area contributed by atoms with E-state index >= 15 is 0 Å². The second-order valence-corrected chi connectivity index (χ2v) is 9.24. The van der Waals surface area contributed by atoms with Crippen molar-refractivity contribution in [1.82, 2.24) is 4.90 Å². The van der Waals surface area contributed by atoms with E-state index in [9.17, 15) is 5.11 Å². The highest BCUT2D eigenvalue weighted by Gasteiger charge is 2.09. The lowest BCUT2D eigenvalue weighted by molar-refractivity contribution is 0.107. The number of ether oxygens (including phenoxy) is 1. The molecule has 1 heterocycles. The van der Waals surface area contributed by atoms with E-state index in [1.807, 2.05) is 18.2 Å².